The van der Waals surface area contributed by atoms with Crippen LogP contribution in [0, 0.1) is 0 Å². The average molecular weight is 659 g/mol. The molecule has 0 unspecified atom stereocenters. The zero-order chi connectivity index (χ0) is 32.7. The monoisotopic (exact) mass is 658 g/mol. The number of carboxylic acid groups (broad SMARTS) is 1. The van der Waals surface area contributed by atoms with Gasteiger partial charge in [0.2, 0.25) is 0 Å². The Kier molecular flexibility index (Phi) is 36.8. The highest BCUT2D eigenvalue weighted by Crippen LogP contribution is 1.88. The summed E-state index contributed by atoms with van der Waals surface area (Å²) in [6.45, 7) is 13.3. The summed E-state index contributed by atoms with van der Waals surface area (Å²) in [5, 5.41) is 8.42. The molecule has 1 N–H and O–H groups in total. The van der Waals surface area contributed by atoms with Crippen molar-refractivity contribution < 1.29 is 76.3 Å². The van der Waals surface area contributed by atoms with Gasteiger partial charge in [0, 0.05) is 6.08 Å². The second-order valence-corrected chi connectivity index (χ2v) is 8.55. The van der Waals surface area contributed by atoms with Crippen molar-refractivity contribution in [2.45, 2.75) is 0 Å². The molecule has 0 radical (unpaired) electrons. The third-order valence-electron chi connectivity index (χ3n) is 4.96. The molecule has 16 nitrogen and oxygen atoms in total. The second-order valence-electron chi connectivity index (χ2n) is 8.55. The fourth-order valence-electron chi connectivity index (χ4n) is 2.84. The van der Waals surface area contributed by atoms with Gasteiger partial charge in [-0.1, -0.05) is 6.58 Å². The Bertz CT molecular complexity index is 639. The minimum Gasteiger partial charge on any atom is -0.480 e. The maximum Gasteiger partial charge on any atom is 0.330 e. The highest BCUT2D eigenvalue weighted by Gasteiger charge is 1.98. The summed E-state index contributed by atoms with van der Waals surface area (Å²) in [5.41, 5.74) is 0. The summed E-state index contributed by atoms with van der Waals surface area (Å²) in [6.07, 6.45) is 1.11. The van der Waals surface area contributed by atoms with Crippen molar-refractivity contribution in [3.8, 4) is 0 Å². The predicted octanol–water partition coefficient (Wildman–Crippen LogP) is -0.000600. The predicted molar refractivity (Wildman–Crippen MR) is 159 cm³/mol. The molecule has 0 aliphatic rings. The molecule has 0 saturated heterocycles. The van der Waals surface area contributed by atoms with E-state index in [1.807, 2.05) is 0 Å². The Morgan fingerprint density at radius 1 is 0.378 bits per heavy atom. The molecule has 0 heterocycles. The molecule has 0 aromatic carbocycles. The van der Waals surface area contributed by atoms with E-state index < -0.39 is 11.9 Å². The van der Waals surface area contributed by atoms with E-state index in [4.69, 9.17) is 66.7 Å². The average Bonchev–Trinajstić information content (AvgIpc) is 3.03. The van der Waals surface area contributed by atoms with Gasteiger partial charge in [-0.15, -0.1) is 0 Å². The van der Waals surface area contributed by atoms with Crippen molar-refractivity contribution in [2.75, 3.05) is 165 Å². The molecule has 0 atom stereocenters. The van der Waals surface area contributed by atoms with Crippen molar-refractivity contribution in [1.29, 1.82) is 0 Å². The van der Waals surface area contributed by atoms with Crippen molar-refractivity contribution in [2.24, 2.45) is 0 Å². The summed E-state index contributed by atoms with van der Waals surface area (Å²) < 4.78 is 68.9. The SMILES string of the molecule is C=CC(=O)OCCOCCOCCOCCOCCOCCOCCOCCOCCOCCOCCOCCOCC(=O)O. The van der Waals surface area contributed by atoms with Crippen LogP contribution >= 0.6 is 0 Å². The van der Waals surface area contributed by atoms with Gasteiger partial charge in [0.25, 0.3) is 0 Å². The lowest BCUT2D eigenvalue weighted by Crippen LogP contribution is -2.16. The number of carbonyl (C=O) groups is 2. The Labute approximate surface area is 266 Å². The van der Waals surface area contributed by atoms with E-state index in [0.29, 0.717) is 145 Å². The number of hydrogen-bond donors (Lipinski definition) is 1. The van der Waals surface area contributed by atoms with Gasteiger partial charge in [0.15, 0.2) is 0 Å². The number of ether oxygens (including phenoxy) is 13. The highest BCUT2D eigenvalue weighted by atomic mass is 16.6. The molecule has 0 rings (SSSR count). The summed E-state index contributed by atoms with van der Waals surface area (Å²) in [5.74, 6) is -1.46. The van der Waals surface area contributed by atoms with Crippen LogP contribution < -0.4 is 0 Å². The first-order chi connectivity index (χ1) is 22.2. The minimum absolute atomic E-state index is 0.192. The minimum atomic E-state index is -1.000. The van der Waals surface area contributed by atoms with E-state index in [1.54, 1.807) is 0 Å². The largest absolute Gasteiger partial charge is 0.480 e. The summed E-state index contributed by atoms with van der Waals surface area (Å²) in [4.78, 5) is 21.1. The molecule has 45 heavy (non-hydrogen) atoms. The van der Waals surface area contributed by atoms with Gasteiger partial charge < -0.3 is 66.7 Å². The summed E-state index contributed by atoms with van der Waals surface area (Å²) in [7, 11) is 0. The first-order valence-corrected chi connectivity index (χ1v) is 15.1. The van der Waals surface area contributed by atoms with E-state index in [9.17, 15) is 9.59 Å². The fraction of sp³-hybridized carbons (Fsp3) is 0.862. The smallest absolute Gasteiger partial charge is 0.330 e. The van der Waals surface area contributed by atoms with Gasteiger partial charge >= 0.3 is 11.9 Å². The molecule has 0 spiro atoms. The Hall–Kier alpha value is -1.80. The van der Waals surface area contributed by atoms with Gasteiger partial charge in [0.1, 0.15) is 13.2 Å². The maximum atomic E-state index is 10.8. The first kappa shape index (κ1) is 43.2. The zero-order valence-corrected chi connectivity index (χ0v) is 26.5. The number of rotatable bonds is 39. The normalized spacial score (nSPS) is 11.2. The molecule has 0 fully saturated rings. The van der Waals surface area contributed by atoms with Crippen LogP contribution in [0.4, 0.5) is 0 Å². The number of carboxylic acids is 1. The maximum absolute atomic E-state index is 10.8. The molecular formula is C29H54O16. The van der Waals surface area contributed by atoms with Crippen LogP contribution in [0.1, 0.15) is 0 Å². The van der Waals surface area contributed by atoms with Crippen LogP contribution in [0.5, 0.6) is 0 Å². The molecule has 0 aromatic rings. The molecule has 0 aliphatic heterocycles. The highest BCUT2D eigenvalue weighted by molar-refractivity contribution is 5.81. The van der Waals surface area contributed by atoms with Gasteiger partial charge in [-0.25, -0.2) is 9.59 Å². The van der Waals surface area contributed by atoms with Gasteiger partial charge in [-0.3, -0.25) is 0 Å². The van der Waals surface area contributed by atoms with Crippen molar-refractivity contribution in [3.63, 3.8) is 0 Å². The van der Waals surface area contributed by atoms with Gasteiger partial charge in [0.05, 0.1) is 152 Å². The molecule has 0 aliphatic carbocycles. The second kappa shape index (κ2) is 38.4. The van der Waals surface area contributed by atoms with E-state index in [1.165, 1.54) is 0 Å². The Morgan fingerprint density at radius 2 is 0.578 bits per heavy atom. The lowest BCUT2D eigenvalue weighted by Gasteiger charge is -2.09. The third-order valence-corrected chi connectivity index (χ3v) is 4.96. The molecule has 266 valence electrons. The molecule has 16 heteroatoms. The lowest BCUT2D eigenvalue weighted by molar-refractivity contribution is -0.143. The first-order valence-electron chi connectivity index (χ1n) is 15.1. The number of esters is 1. The number of carbonyl (C=O) groups excluding carboxylic acids is 1. The van der Waals surface area contributed by atoms with E-state index in [-0.39, 0.29) is 19.8 Å². The Morgan fingerprint density at radius 3 is 0.778 bits per heavy atom. The fourth-order valence-corrected chi connectivity index (χ4v) is 2.84. The van der Waals surface area contributed by atoms with Crippen LogP contribution in [-0.2, 0) is 71.2 Å². The van der Waals surface area contributed by atoms with Crippen LogP contribution in [0.3, 0.4) is 0 Å². The lowest BCUT2D eigenvalue weighted by atomic mass is 10.6. The molecule has 0 aromatic heterocycles. The Balaban J connectivity index is 3.06. The van der Waals surface area contributed by atoms with Crippen LogP contribution in [0.15, 0.2) is 12.7 Å². The van der Waals surface area contributed by atoms with Gasteiger partial charge in [-0.2, -0.15) is 0 Å². The van der Waals surface area contributed by atoms with E-state index in [0.717, 1.165) is 6.08 Å². The van der Waals surface area contributed by atoms with E-state index in [2.05, 4.69) is 6.58 Å². The molecular weight excluding hydrogens is 604 g/mol. The van der Waals surface area contributed by atoms with Crippen LogP contribution in [-0.4, -0.2) is 182 Å². The third kappa shape index (κ3) is 40.2. The van der Waals surface area contributed by atoms with Crippen molar-refractivity contribution in [3.05, 3.63) is 12.7 Å². The van der Waals surface area contributed by atoms with Crippen LogP contribution in [0.25, 0.3) is 0 Å². The summed E-state index contributed by atoms with van der Waals surface area (Å²) in [6, 6.07) is 0. The van der Waals surface area contributed by atoms with Crippen molar-refractivity contribution >= 4 is 11.9 Å². The quantitative estimate of drug-likeness (QED) is 0.0530. The molecule has 0 saturated carbocycles. The summed E-state index contributed by atoms with van der Waals surface area (Å²) >= 11 is 0. The van der Waals surface area contributed by atoms with Gasteiger partial charge in [-0.05, 0) is 0 Å². The zero-order valence-electron chi connectivity index (χ0n) is 26.5. The van der Waals surface area contributed by atoms with Crippen molar-refractivity contribution in [1.82, 2.24) is 0 Å². The molecule has 0 bridgehead atoms. The number of aliphatic carboxylic acids is 1. The van der Waals surface area contributed by atoms with Crippen LogP contribution in [0.2, 0.25) is 0 Å². The molecule has 0 amide bonds. The standard InChI is InChI=1S/C29H54O16/c1-2-29(32)45-26-25-43-22-21-41-18-17-39-14-13-37-10-9-35-6-5-33-3-4-34-7-8-36-11-12-38-15-16-40-19-20-42-23-24-44-27-28(30)31/h2H,1,3-27H2,(H,30,31). The topological polar surface area (TPSA) is 174 Å². The van der Waals surface area contributed by atoms with E-state index >= 15 is 0 Å². The number of hydrogen-bond acceptors (Lipinski definition) is 15.